The third-order valence-electron chi connectivity index (χ3n) is 2.68. The number of nitrogens with two attached hydrogens (primary N) is 1. The Hall–Kier alpha value is -1.69. The molecule has 0 saturated heterocycles. The van der Waals surface area contributed by atoms with E-state index in [9.17, 15) is 0 Å². The van der Waals surface area contributed by atoms with Crippen molar-refractivity contribution in [1.82, 2.24) is 9.78 Å². The molecular formula is C12H14BrN3O2. The lowest BCUT2D eigenvalue weighted by Gasteiger charge is -2.11. The maximum atomic E-state index is 5.78. The van der Waals surface area contributed by atoms with E-state index in [-0.39, 0.29) is 0 Å². The highest BCUT2D eigenvalue weighted by Crippen LogP contribution is 2.41. The summed E-state index contributed by atoms with van der Waals surface area (Å²) in [5.74, 6) is 1.91. The largest absolute Gasteiger partial charge is 0.493 e. The average molecular weight is 312 g/mol. The number of halogens is 1. The van der Waals surface area contributed by atoms with Crippen LogP contribution in [0.15, 0.2) is 22.7 Å². The van der Waals surface area contributed by atoms with E-state index in [0.717, 1.165) is 15.7 Å². The fraction of sp³-hybridized carbons (Fsp3) is 0.250. The van der Waals surface area contributed by atoms with Crippen LogP contribution in [0.2, 0.25) is 0 Å². The van der Waals surface area contributed by atoms with Crippen molar-refractivity contribution in [2.75, 3.05) is 20.0 Å². The van der Waals surface area contributed by atoms with Crippen LogP contribution in [0.3, 0.4) is 0 Å². The van der Waals surface area contributed by atoms with Crippen molar-refractivity contribution in [3.05, 3.63) is 22.7 Å². The number of anilines is 1. The van der Waals surface area contributed by atoms with Crippen molar-refractivity contribution in [3.63, 3.8) is 0 Å². The average Bonchev–Trinajstić information content (AvgIpc) is 2.68. The molecule has 0 spiro atoms. The molecule has 0 fully saturated rings. The van der Waals surface area contributed by atoms with E-state index in [2.05, 4.69) is 21.0 Å². The molecule has 0 aliphatic carbocycles. The van der Waals surface area contributed by atoms with Crippen molar-refractivity contribution in [2.45, 2.75) is 0 Å². The van der Waals surface area contributed by atoms with Crippen LogP contribution in [0.5, 0.6) is 11.5 Å². The van der Waals surface area contributed by atoms with Gasteiger partial charge in [-0.25, -0.2) is 0 Å². The summed E-state index contributed by atoms with van der Waals surface area (Å²) in [4.78, 5) is 0. The fourth-order valence-corrected chi connectivity index (χ4v) is 2.39. The molecule has 0 aliphatic rings. The summed E-state index contributed by atoms with van der Waals surface area (Å²) in [5.41, 5.74) is 7.47. The Balaban J connectivity index is 2.58. The number of hydrogen-bond acceptors (Lipinski definition) is 4. The zero-order valence-corrected chi connectivity index (χ0v) is 12.0. The van der Waals surface area contributed by atoms with Crippen LogP contribution in [0.4, 0.5) is 5.82 Å². The summed E-state index contributed by atoms with van der Waals surface area (Å²) in [6.07, 6.45) is 0. The third kappa shape index (κ3) is 2.03. The lowest BCUT2D eigenvalue weighted by atomic mass is 10.1. The molecule has 1 aromatic heterocycles. The van der Waals surface area contributed by atoms with Gasteiger partial charge in [0.15, 0.2) is 11.5 Å². The van der Waals surface area contributed by atoms with Crippen LogP contribution in [0.25, 0.3) is 11.3 Å². The molecule has 6 heteroatoms. The summed E-state index contributed by atoms with van der Waals surface area (Å²) >= 11 is 3.51. The number of rotatable bonds is 3. The van der Waals surface area contributed by atoms with Crippen molar-refractivity contribution in [3.8, 4) is 22.8 Å². The molecule has 0 unspecified atom stereocenters. The van der Waals surface area contributed by atoms with Crippen LogP contribution in [-0.2, 0) is 7.05 Å². The van der Waals surface area contributed by atoms with Gasteiger partial charge in [0, 0.05) is 18.7 Å². The molecule has 0 aliphatic heterocycles. The van der Waals surface area contributed by atoms with E-state index in [1.807, 2.05) is 18.2 Å². The van der Waals surface area contributed by atoms with Crippen LogP contribution < -0.4 is 15.2 Å². The third-order valence-corrected chi connectivity index (χ3v) is 3.46. The second kappa shape index (κ2) is 4.89. The van der Waals surface area contributed by atoms with E-state index in [1.165, 1.54) is 0 Å². The number of ether oxygens (including phenoxy) is 2. The Kier molecular flexibility index (Phi) is 3.47. The summed E-state index contributed by atoms with van der Waals surface area (Å²) in [6.45, 7) is 0. The normalized spacial score (nSPS) is 10.4. The molecule has 2 N–H and O–H groups in total. The summed E-state index contributed by atoms with van der Waals surface area (Å²) < 4.78 is 13.0. The smallest absolute Gasteiger partial charge is 0.175 e. The van der Waals surface area contributed by atoms with Crippen LogP contribution in [0.1, 0.15) is 0 Å². The first-order chi connectivity index (χ1) is 8.58. The highest BCUT2D eigenvalue weighted by molar-refractivity contribution is 9.10. The van der Waals surface area contributed by atoms with Gasteiger partial charge in [-0.05, 0) is 28.1 Å². The van der Waals surface area contributed by atoms with Gasteiger partial charge < -0.3 is 15.2 Å². The molecule has 2 aromatic rings. The van der Waals surface area contributed by atoms with Crippen LogP contribution >= 0.6 is 15.9 Å². The molecule has 1 aromatic carbocycles. The molecule has 18 heavy (non-hydrogen) atoms. The predicted octanol–water partition coefficient (Wildman–Crippen LogP) is 2.45. The summed E-state index contributed by atoms with van der Waals surface area (Å²) in [6, 6.07) is 5.56. The predicted molar refractivity (Wildman–Crippen MR) is 73.9 cm³/mol. The fourth-order valence-electron chi connectivity index (χ4n) is 1.70. The zero-order valence-electron chi connectivity index (χ0n) is 10.4. The molecule has 0 amide bonds. The summed E-state index contributed by atoms with van der Waals surface area (Å²) in [7, 11) is 5.00. The lowest BCUT2D eigenvalue weighted by molar-refractivity contribution is 0.353. The van der Waals surface area contributed by atoms with Crippen molar-refractivity contribution in [2.24, 2.45) is 7.05 Å². The molecule has 0 atom stereocenters. The number of nitrogens with zero attached hydrogens (tertiary/aromatic N) is 2. The number of aryl methyl sites for hydroxylation is 1. The summed E-state index contributed by atoms with van der Waals surface area (Å²) in [5, 5.41) is 4.34. The Morgan fingerprint density at radius 3 is 2.50 bits per heavy atom. The minimum atomic E-state index is 0.603. The minimum Gasteiger partial charge on any atom is -0.493 e. The second-order valence-corrected chi connectivity index (χ2v) is 4.53. The lowest BCUT2D eigenvalue weighted by Crippen LogP contribution is -1.97. The van der Waals surface area contributed by atoms with Crippen molar-refractivity contribution >= 4 is 21.7 Å². The molecule has 0 saturated carbocycles. The minimum absolute atomic E-state index is 0.603. The van der Waals surface area contributed by atoms with E-state index in [0.29, 0.717) is 17.3 Å². The first kappa shape index (κ1) is 12.8. The zero-order chi connectivity index (χ0) is 13.3. The molecular weight excluding hydrogens is 298 g/mol. The van der Waals surface area contributed by atoms with Crippen LogP contribution in [0, 0.1) is 0 Å². The highest BCUT2D eigenvalue weighted by Gasteiger charge is 2.16. The van der Waals surface area contributed by atoms with Gasteiger partial charge in [-0.15, -0.1) is 0 Å². The van der Waals surface area contributed by atoms with Gasteiger partial charge in [0.05, 0.1) is 24.4 Å². The maximum Gasteiger partial charge on any atom is 0.175 e. The van der Waals surface area contributed by atoms with Gasteiger partial charge in [-0.1, -0.05) is 0 Å². The van der Waals surface area contributed by atoms with Gasteiger partial charge in [0.2, 0.25) is 0 Å². The van der Waals surface area contributed by atoms with Gasteiger partial charge >= 0.3 is 0 Å². The highest BCUT2D eigenvalue weighted by atomic mass is 79.9. The van der Waals surface area contributed by atoms with E-state index >= 15 is 0 Å². The van der Waals surface area contributed by atoms with E-state index in [1.54, 1.807) is 25.9 Å². The number of nitrogen functional groups attached to an aromatic ring is 1. The second-order valence-electron chi connectivity index (χ2n) is 3.74. The molecule has 5 nitrogen and oxygen atoms in total. The number of methoxy groups -OCH3 is 2. The molecule has 0 bridgehead atoms. The number of benzene rings is 1. The Morgan fingerprint density at radius 1 is 1.28 bits per heavy atom. The molecule has 0 radical (unpaired) electrons. The van der Waals surface area contributed by atoms with Crippen molar-refractivity contribution in [1.29, 1.82) is 0 Å². The molecule has 1 heterocycles. The Bertz CT molecular complexity index is 561. The monoisotopic (exact) mass is 311 g/mol. The van der Waals surface area contributed by atoms with Gasteiger partial charge in [0.25, 0.3) is 0 Å². The Labute approximate surface area is 114 Å². The maximum absolute atomic E-state index is 5.78. The quantitative estimate of drug-likeness (QED) is 0.945. The van der Waals surface area contributed by atoms with Crippen molar-refractivity contribution < 1.29 is 9.47 Å². The molecule has 2 rings (SSSR count). The first-order valence-corrected chi connectivity index (χ1v) is 6.08. The Morgan fingerprint density at radius 2 is 2.00 bits per heavy atom. The first-order valence-electron chi connectivity index (χ1n) is 5.28. The number of aromatic nitrogens is 2. The van der Waals surface area contributed by atoms with E-state index < -0.39 is 0 Å². The molecule has 96 valence electrons. The van der Waals surface area contributed by atoms with E-state index in [4.69, 9.17) is 15.2 Å². The van der Waals surface area contributed by atoms with Gasteiger partial charge in [-0.3, -0.25) is 4.68 Å². The topological polar surface area (TPSA) is 62.3 Å². The van der Waals surface area contributed by atoms with Crippen LogP contribution in [-0.4, -0.2) is 24.0 Å². The van der Waals surface area contributed by atoms with Gasteiger partial charge in [0.1, 0.15) is 5.82 Å². The number of hydrogen-bond donors (Lipinski definition) is 1. The van der Waals surface area contributed by atoms with Gasteiger partial charge in [-0.2, -0.15) is 5.10 Å². The standard InChI is InChI=1S/C12H14BrN3O2/c1-16-10(14)6-8(15-16)7-4-5-9(17-2)12(18-3)11(7)13/h4-6H,14H2,1-3H3. The SMILES string of the molecule is COc1ccc(-c2cc(N)n(C)n2)c(Br)c1OC.